The van der Waals surface area contributed by atoms with Crippen molar-refractivity contribution < 1.29 is 9.53 Å². The zero-order valence-corrected chi connectivity index (χ0v) is 8.72. The summed E-state index contributed by atoms with van der Waals surface area (Å²) in [6.45, 7) is 4.91. The molecule has 0 aliphatic heterocycles. The van der Waals surface area contributed by atoms with E-state index in [0.717, 1.165) is 25.8 Å². The predicted octanol–water partition coefficient (Wildman–Crippen LogP) is 1.33. The van der Waals surface area contributed by atoms with Crippen LogP contribution in [0.15, 0.2) is 0 Å². The summed E-state index contributed by atoms with van der Waals surface area (Å²) in [4.78, 5) is 11.6. The van der Waals surface area contributed by atoms with E-state index in [1.165, 1.54) is 0 Å². The van der Waals surface area contributed by atoms with Gasteiger partial charge in [-0.2, -0.15) is 0 Å². The molecule has 0 bridgehead atoms. The quantitative estimate of drug-likeness (QED) is 0.717. The maximum atomic E-state index is 11.6. The maximum absolute atomic E-state index is 11.6. The van der Waals surface area contributed by atoms with Crippen molar-refractivity contribution in [2.75, 3.05) is 13.7 Å². The summed E-state index contributed by atoms with van der Waals surface area (Å²) in [5.74, 6) is 0.563. The van der Waals surface area contributed by atoms with Crippen LogP contribution in [0.3, 0.4) is 0 Å². The number of rotatable bonds is 4. The van der Waals surface area contributed by atoms with Gasteiger partial charge in [0.25, 0.3) is 5.91 Å². The molecule has 1 N–H and O–H groups in total. The fourth-order valence-corrected chi connectivity index (χ4v) is 1.48. The minimum Gasteiger partial charge on any atom is -0.368 e. The molecule has 0 unspecified atom stereocenters. The Balaban J connectivity index is 2.37. The van der Waals surface area contributed by atoms with E-state index in [-0.39, 0.29) is 5.91 Å². The van der Waals surface area contributed by atoms with Crippen LogP contribution in [-0.4, -0.2) is 25.2 Å². The highest BCUT2D eigenvalue weighted by Crippen LogP contribution is 2.35. The van der Waals surface area contributed by atoms with Gasteiger partial charge < -0.3 is 10.1 Å². The third-order valence-corrected chi connectivity index (χ3v) is 2.64. The van der Waals surface area contributed by atoms with E-state index in [1.54, 1.807) is 7.11 Å². The maximum Gasteiger partial charge on any atom is 0.252 e. The minimum absolute atomic E-state index is 0.0648. The Bertz CT molecular complexity index is 180. The molecule has 0 spiro atoms. The summed E-state index contributed by atoms with van der Waals surface area (Å²) < 4.78 is 5.26. The Morgan fingerprint density at radius 2 is 2.15 bits per heavy atom. The summed E-state index contributed by atoms with van der Waals surface area (Å²) in [5, 5.41) is 2.91. The number of amides is 1. The second-order valence-electron chi connectivity index (χ2n) is 4.16. The van der Waals surface area contributed by atoms with Crippen LogP contribution in [0.25, 0.3) is 0 Å². The van der Waals surface area contributed by atoms with Gasteiger partial charge in [-0.1, -0.05) is 13.8 Å². The second kappa shape index (κ2) is 4.09. The molecule has 1 aliphatic rings. The molecule has 1 amide bonds. The van der Waals surface area contributed by atoms with Gasteiger partial charge in [-0.25, -0.2) is 0 Å². The van der Waals surface area contributed by atoms with E-state index in [1.807, 2.05) is 0 Å². The van der Waals surface area contributed by atoms with Crippen LogP contribution in [0.1, 0.15) is 33.1 Å². The van der Waals surface area contributed by atoms with Gasteiger partial charge in [0.1, 0.15) is 5.60 Å². The van der Waals surface area contributed by atoms with E-state index >= 15 is 0 Å². The van der Waals surface area contributed by atoms with Crippen molar-refractivity contribution in [2.24, 2.45) is 5.92 Å². The monoisotopic (exact) mass is 185 g/mol. The van der Waals surface area contributed by atoms with Gasteiger partial charge in [0, 0.05) is 13.7 Å². The summed E-state index contributed by atoms with van der Waals surface area (Å²) >= 11 is 0. The van der Waals surface area contributed by atoms with Crippen LogP contribution in [-0.2, 0) is 9.53 Å². The minimum atomic E-state index is -0.491. The van der Waals surface area contributed by atoms with Gasteiger partial charge in [-0.3, -0.25) is 4.79 Å². The van der Waals surface area contributed by atoms with Gasteiger partial charge in [0.05, 0.1) is 0 Å². The topological polar surface area (TPSA) is 38.3 Å². The lowest BCUT2D eigenvalue weighted by molar-refractivity contribution is -0.154. The lowest BCUT2D eigenvalue weighted by Crippen LogP contribution is -2.53. The molecule has 1 aliphatic carbocycles. The fraction of sp³-hybridized carbons (Fsp3) is 0.900. The number of carbonyl (C=O) groups is 1. The molecule has 1 fully saturated rings. The number of hydrogen-bond donors (Lipinski definition) is 1. The molecular weight excluding hydrogens is 166 g/mol. The van der Waals surface area contributed by atoms with Crippen molar-refractivity contribution in [3.05, 3.63) is 0 Å². The SMILES string of the molecule is COC1(C(=O)NCC(C)C)CCC1. The summed E-state index contributed by atoms with van der Waals surface area (Å²) in [5.41, 5.74) is -0.491. The van der Waals surface area contributed by atoms with Gasteiger partial charge in [-0.15, -0.1) is 0 Å². The van der Waals surface area contributed by atoms with E-state index in [4.69, 9.17) is 4.74 Å². The first-order valence-corrected chi connectivity index (χ1v) is 4.94. The number of ether oxygens (including phenoxy) is 1. The van der Waals surface area contributed by atoms with E-state index in [2.05, 4.69) is 19.2 Å². The third-order valence-electron chi connectivity index (χ3n) is 2.64. The highest BCUT2D eigenvalue weighted by molar-refractivity contribution is 5.86. The summed E-state index contributed by atoms with van der Waals surface area (Å²) in [6, 6.07) is 0. The van der Waals surface area contributed by atoms with Crippen LogP contribution < -0.4 is 5.32 Å². The smallest absolute Gasteiger partial charge is 0.252 e. The fourth-order valence-electron chi connectivity index (χ4n) is 1.48. The van der Waals surface area contributed by atoms with Crippen molar-refractivity contribution in [3.63, 3.8) is 0 Å². The summed E-state index contributed by atoms with van der Waals surface area (Å²) in [6.07, 6.45) is 2.84. The average molecular weight is 185 g/mol. The molecule has 3 heteroatoms. The van der Waals surface area contributed by atoms with Crippen LogP contribution in [0.5, 0.6) is 0 Å². The van der Waals surface area contributed by atoms with Crippen LogP contribution in [0, 0.1) is 5.92 Å². The second-order valence-corrected chi connectivity index (χ2v) is 4.16. The Hall–Kier alpha value is -0.570. The number of nitrogens with one attached hydrogen (secondary N) is 1. The van der Waals surface area contributed by atoms with Crippen molar-refractivity contribution in [3.8, 4) is 0 Å². The predicted molar refractivity (Wildman–Crippen MR) is 51.4 cm³/mol. The Morgan fingerprint density at radius 1 is 1.54 bits per heavy atom. The molecule has 1 rings (SSSR count). The summed E-state index contributed by atoms with van der Waals surface area (Å²) in [7, 11) is 1.62. The Morgan fingerprint density at radius 3 is 2.46 bits per heavy atom. The van der Waals surface area contributed by atoms with Crippen LogP contribution in [0.4, 0.5) is 0 Å². The van der Waals surface area contributed by atoms with Crippen LogP contribution >= 0.6 is 0 Å². The largest absolute Gasteiger partial charge is 0.368 e. The lowest BCUT2D eigenvalue weighted by Gasteiger charge is -2.38. The number of carbonyl (C=O) groups excluding carboxylic acids is 1. The van der Waals surface area contributed by atoms with Crippen molar-refractivity contribution in [1.29, 1.82) is 0 Å². The van der Waals surface area contributed by atoms with E-state index in [9.17, 15) is 4.79 Å². The Kier molecular flexibility index (Phi) is 3.31. The molecular formula is C10H19NO2. The Labute approximate surface area is 79.8 Å². The first-order valence-electron chi connectivity index (χ1n) is 4.94. The average Bonchev–Trinajstić information content (AvgIpc) is 2.00. The highest BCUT2D eigenvalue weighted by atomic mass is 16.5. The molecule has 0 saturated heterocycles. The molecule has 0 aromatic rings. The molecule has 3 nitrogen and oxygen atoms in total. The number of hydrogen-bond acceptors (Lipinski definition) is 2. The molecule has 0 atom stereocenters. The van der Waals surface area contributed by atoms with Gasteiger partial charge in [-0.05, 0) is 25.2 Å². The molecule has 1 saturated carbocycles. The molecule has 0 aromatic carbocycles. The molecule has 76 valence electrons. The van der Waals surface area contributed by atoms with Crippen molar-refractivity contribution >= 4 is 5.91 Å². The first kappa shape index (κ1) is 10.5. The van der Waals surface area contributed by atoms with E-state index in [0.29, 0.717) is 5.92 Å². The molecule has 0 aromatic heterocycles. The molecule has 13 heavy (non-hydrogen) atoms. The zero-order valence-electron chi connectivity index (χ0n) is 8.72. The van der Waals surface area contributed by atoms with Crippen LogP contribution in [0.2, 0.25) is 0 Å². The first-order chi connectivity index (χ1) is 6.10. The van der Waals surface area contributed by atoms with Crippen molar-refractivity contribution in [1.82, 2.24) is 5.32 Å². The number of methoxy groups -OCH3 is 1. The zero-order chi connectivity index (χ0) is 9.90. The standard InChI is InChI=1S/C10H19NO2/c1-8(2)7-11-9(12)10(13-3)5-4-6-10/h8H,4-7H2,1-3H3,(H,11,12). The third kappa shape index (κ3) is 2.21. The van der Waals surface area contributed by atoms with Gasteiger partial charge in [0.2, 0.25) is 0 Å². The highest BCUT2D eigenvalue weighted by Gasteiger charge is 2.44. The van der Waals surface area contributed by atoms with E-state index < -0.39 is 5.60 Å². The van der Waals surface area contributed by atoms with Gasteiger partial charge in [0.15, 0.2) is 0 Å². The van der Waals surface area contributed by atoms with Crippen molar-refractivity contribution in [2.45, 2.75) is 38.7 Å². The normalized spacial score (nSPS) is 19.7. The molecule has 0 radical (unpaired) electrons. The molecule has 0 heterocycles. The van der Waals surface area contributed by atoms with Gasteiger partial charge >= 0.3 is 0 Å². The lowest BCUT2D eigenvalue weighted by atomic mass is 9.79.